The largest absolute Gasteiger partial charge is 0.496 e. The lowest BCUT2D eigenvalue weighted by molar-refractivity contribution is 0.0394. The molecule has 0 fully saturated rings. The summed E-state index contributed by atoms with van der Waals surface area (Å²) in [5, 5.41) is 3.82. The predicted octanol–water partition coefficient (Wildman–Crippen LogP) is 6.66. The molecule has 0 bridgehead atoms. The van der Waals surface area contributed by atoms with E-state index in [1.807, 2.05) is 48.7 Å². The summed E-state index contributed by atoms with van der Waals surface area (Å²) in [7, 11) is 1.65. The Kier molecular flexibility index (Phi) is 6.60. The van der Waals surface area contributed by atoms with E-state index < -0.39 is 11.7 Å². The summed E-state index contributed by atoms with van der Waals surface area (Å²) in [6.45, 7) is 7.70. The van der Waals surface area contributed by atoms with Crippen LogP contribution in [0.1, 0.15) is 31.9 Å². The van der Waals surface area contributed by atoms with Gasteiger partial charge in [0, 0.05) is 34.7 Å². The molecule has 0 aliphatic carbocycles. The number of aryl methyl sites for hydroxylation is 1. The molecule has 2 heterocycles. The fourth-order valence-corrected chi connectivity index (χ4v) is 4.90. The van der Waals surface area contributed by atoms with Crippen molar-refractivity contribution in [3.63, 3.8) is 0 Å². The van der Waals surface area contributed by atoms with Crippen LogP contribution in [0.3, 0.4) is 0 Å². The van der Waals surface area contributed by atoms with Crippen LogP contribution in [0.15, 0.2) is 46.6 Å². The molecule has 1 N–H and O–H groups in total. The van der Waals surface area contributed by atoms with Gasteiger partial charge in [-0.25, -0.2) is 9.21 Å². The van der Waals surface area contributed by atoms with E-state index in [1.165, 1.54) is 11.3 Å². The van der Waals surface area contributed by atoms with Crippen molar-refractivity contribution < 1.29 is 14.3 Å². The number of ether oxygens (including phenoxy) is 2. The van der Waals surface area contributed by atoms with Crippen LogP contribution in [0.25, 0.3) is 32.1 Å². The molecule has 0 aliphatic rings. The van der Waals surface area contributed by atoms with Crippen LogP contribution in [-0.2, 0) is 11.2 Å². The van der Waals surface area contributed by atoms with Crippen molar-refractivity contribution in [1.82, 2.24) is 9.40 Å². The number of halogens is 1. The third kappa shape index (κ3) is 4.76. The number of hydrogen-bond donors (Lipinski definition) is 1. The van der Waals surface area contributed by atoms with Gasteiger partial charge in [-0.05, 0) is 68.3 Å². The number of carbonyl (C=O) groups is 1. The summed E-state index contributed by atoms with van der Waals surface area (Å²) in [4.78, 5) is 27.7. The molecule has 178 valence electrons. The van der Waals surface area contributed by atoms with Gasteiger partial charge in [0.2, 0.25) is 0 Å². The maximum absolute atomic E-state index is 12.6. The zero-order valence-electron chi connectivity index (χ0n) is 19.8. The molecular weight excluding hydrogens is 472 g/mol. The Labute approximate surface area is 207 Å². The molecule has 0 aliphatic heterocycles. The Balaban J connectivity index is 1.68. The minimum Gasteiger partial charge on any atom is -0.496 e. The number of aromatic nitrogens is 1. The first-order chi connectivity index (χ1) is 16.1. The van der Waals surface area contributed by atoms with Crippen LogP contribution in [0.2, 0.25) is 0 Å². The van der Waals surface area contributed by atoms with Crippen LogP contribution < -0.4 is 10.3 Å². The summed E-state index contributed by atoms with van der Waals surface area (Å²) in [5.41, 5.74) is 4.01. The van der Waals surface area contributed by atoms with Gasteiger partial charge in [-0.1, -0.05) is 24.3 Å². The Morgan fingerprint density at radius 2 is 1.88 bits per heavy atom. The van der Waals surface area contributed by atoms with Gasteiger partial charge in [-0.3, -0.25) is 4.79 Å². The number of carbonyl (C=O) groups excluding carboxylic acids is 1. The van der Waals surface area contributed by atoms with Crippen molar-refractivity contribution in [2.24, 2.45) is 0 Å². The maximum atomic E-state index is 12.6. The minimum atomic E-state index is -0.597. The van der Waals surface area contributed by atoms with Crippen LogP contribution in [0.4, 0.5) is 4.79 Å². The summed E-state index contributed by atoms with van der Waals surface area (Å²) < 4.78 is 12.8. The van der Waals surface area contributed by atoms with Crippen molar-refractivity contribution in [2.45, 2.75) is 39.7 Å². The van der Waals surface area contributed by atoms with Crippen LogP contribution in [-0.4, -0.2) is 34.8 Å². The summed E-state index contributed by atoms with van der Waals surface area (Å²) in [6.07, 6.45) is 0.0205. The number of pyridine rings is 1. The van der Waals surface area contributed by atoms with Crippen LogP contribution in [0.5, 0.6) is 5.75 Å². The Morgan fingerprint density at radius 1 is 1.18 bits per heavy atom. The van der Waals surface area contributed by atoms with E-state index in [2.05, 4.69) is 4.98 Å². The molecule has 1 amide bonds. The number of H-pyrrole nitrogens is 1. The number of nitrogens with one attached hydrogen (secondary N) is 1. The van der Waals surface area contributed by atoms with Gasteiger partial charge in [-0.2, -0.15) is 0 Å². The molecule has 4 rings (SSSR count). The number of amides is 1. The van der Waals surface area contributed by atoms with E-state index in [4.69, 9.17) is 21.3 Å². The summed E-state index contributed by atoms with van der Waals surface area (Å²) >= 11 is 7.54. The highest BCUT2D eigenvalue weighted by Gasteiger charge is 2.21. The first-order valence-corrected chi connectivity index (χ1v) is 12.2. The lowest BCUT2D eigenvalue weighted by Gasteiger charge is -2.22. The summed E-state index contributed by atoms with van der Waals surface area (Å²) in [5.74, 6) is 0.745. The molecule has 0 saturated carbocycles. The van der Waals surface area contributed by atoms with Gasteiger partial charge >= 0.3 is 6.09 Å². The maximum Gasteiger partial charge on any atom is 0.425 e. The zero-order valence-corrected chi connectivity index (χ0v) is 21.4. The average Bonchev–Trinajstić information content (AvgIpc) is 3.28. The molecular formula is C26H27ClN2O4S. The Hall–Kier alpha value is -3.03. The van der Waals surface area contributed by atoms with Crippen LogP contribution in [0, 0.1) is 6.92 Å². The summed E-state index contributed by atoms with van der Waals surface area (Å²) in [6, 6.07) is 12.0. The van der Waals surface area contributed by atoms with E-state index in [1.54, 1.807) is 27.9 Å². The molecule has 0 radical (unpaired) electrons. The second kappa shape index (κ2) is 9.31. The quantitative estimate of drug-likeness (QED) is 0.312. The Bertz CT molecular complexity index is 1420. The van der Waals surface area contributed by atoms with E-state index >= 15 is 0 Å². The van der Waals surface area contributed by atoms with Gasteiger partial charge in [0.15, 0.2) is 0 Å². The monoisotopic (exact) mass is 498 g/mol. The third-order valence-electron chi connectivity index (χ3n) is 5.52. The van der Waals surface area contributed by atoms with Gasteiger partial charge in [-0.15, -0.1) is 11.3 Å². The molecule has 0 spiro atoms. The smallest absolute Gasteiger partial charge is 0.425 e. The fraction of sp³-hybridized carbons (Fsp3) is 0.308. The number of methoxy groups -OCH3 is 1. The van der Waals surface area contributed by atoms with E-state index in [-0.39, 0.29) is 5.56 Å². The normalized spacial score (nSPS) is 11.7. The third-order valence-corrected chi connectivity index (χ3v) is 6.74. The molecule has 2 aromatic carbocycles. The second-order valence-corrected chi connectivity index (χ2v) is 10.5. The van der Waals surface area contributed by atoms with Gasteiger partial charge < -0.3 is 14.5 Å². The van der Waals surface area contributed by atoms with E-state index in [0.717, 1.165) is 48.7 Å². The van der Waals surface area contributed by atoms with E-state index in [9.17, 15) is 9.59 Å². The fourth-order valence-electron chi connectivity index (χ4n) is 3.98. The van der Waals surface area contributed by atoms with Crippen molar-refractivity contribution in [1.29, 1.82) is 0 Å². The number of benzene rings is 2. The molecule has 6 nitrogen and oxygen atoms in total. The molecule has 34 heavy (non-hydrogen) atoms. The standard InChI is InChI=1S/C26H27ClN2O4S/c1-15-14-19(32-5)20(21-18-11-13-34-23(18)24(30)28-22(15)21)17-8-6-16(7-9-17)10-12-29(27)25(31)33-26(2,3)4/h6-9,11,13-14H,10,12H2,1-5H3,(H,28,30). The highest BCUT2D eigenvalue weighted by atomic mass is 35.5. The van der Waals surface area contributed by atoms with Crippen molar-refractivity contribution in [2.75, 3.05) is 13.7 Å². The minimum absolute atomic E-state index is 0.0809. The predicted molar refractivity (Wildman–Crippen MR) is 139 cm³/mol. The zero-order chi connectivity index (χ0) is 24.6. The SMILES string of the molecule is COc1cc(C)c2[nH]c(=O)c3sccc3c2c1-c1ccc(CCN(Cl)C(=O)OC(C)(C)C)cc1. The average molecular weight is 499 g/mol. The lowest BCUT2D eigenvalue weighted by atomic mass is 9.94. The molecule has 4 aromatic rings. The number of fused-ring (bicyclic) bond motifs is 3. The topological polar surface area (TPSA) is 71.6 Å². The highest BCUT2D eigenvalue weighted by molar-refractivity contribution is 7.17. The first-order valence-electron chi connectivity index (χ1n) is 11.0. The number of nitrogens with zero attached hydrogens (tertiary/aromatic N) is 1. The van der Waals surface area contributed by atoms with Crippen molar-refractivity contribution in [3.05, 3.63) is 63.3 Å². The Morgan fingerprint density at radius 3 is 2.53 bits per heavy atom. The number of hydrogen-bond acceptors (Lipinski definition) is 5. The number of aromatic amines is 1. The molecule has 0 atom stereocenters. The van der Waals surface area contributed by atoms with Crippen molar-refractivity contribution >= 4 is 50.2 Å². The molecule has 0 unspecified atom stereocenters. The molecule has 8 heteroatoms. The van der Waals surface area contributed by atoms with Crippen LogP contribution >= 0.6 is 23.1 Å². The van der Waals surface area contributed by atoms with E-state index in [0.29, 0.717) is 17.7 Å². The highest BCUT2D eigenvalue weighted by Crippen LogP contribution is 2.41. The van der Waals surface area contributed by atoms with Crippen molar-refractivity contribution in [3.8, 4) is 16.9 Å². The molecule has 2 aromatic heterocycles. The van der Waals surface area contributed by atoms with Gasteiger partial charge in [0.25, 0.3) is 5.56 Å². The first kappa shape index (κ1) is 24.1. The second-order valence-electron chi connectivity index (χ2n) is 9.15. The number of thiophene rings is 1. The lowest BCUT2D eigenvalue weighted by Crippen LogP contribution is -2.32. The van der Waals surface area contributed by atoms with Gasteiger partial charge in [0.05, 0.1) is 12.6 Å². The number of rotatable bonds is 5. The van der Waals surface area contributed by atoms with Gasteiger partial charge in [0.1, 0.15) is 16.1 Å². The molecule has 0 saturated heterocycles.